The number of hydrogen-bond donors (Lipinski definition) is 1. The molecule has 0 spiro atoms. The van der Waals surface area contributed by atoms with E-state index in [1.807, 2.05) is 12.1 Å². The van der Waals surface area contributed by atoms with Crippen molar-refractivity contribution < 1.29 is 0 Å². The maximum Gasteiger partial charge on any atom is 0.334 e. The van der Waals surface area contributed by atoms with Crippen LogP contribution in [0.1, 0.15) is 0 Å². The van der Waals surface area contributed by atoms with Crippen molar-refractivity contribution in [3.05, 3.63) is 77.6 Å². The van der Waals surface area contributed by atoms with Crippen molar-refractivity contribution >= 4 is 45.5 Å². The fraction of sp³-hybridized carbons (Fsp3) is 0.227. The second-order valence-electron chi connectivity index (χ2n) is 7.48. The molecule has 0 aromatic carbocycles. The number of rotatable bonds is 7. The van der Waals surface area contributed by atoms with Crippen LogP contribution in [0.2, 0.25) is 10.6 Å². The van der Waals surface area contributed by atoms with Crippen LogP contribution in [0, 0.1) is 34.0 Å². The molecule has 1 N–H and O–H groups in total. The van der Waals surface area contributed by atoms with E-state index in [1.165, 1.54) is 15.2 Å². The molecule has 0 radical (unpaired) electrons. The van der Waals surface area contributed by atoms with Crippen molar-refractivity contribution in [1.82, 2.24) is 37.8 Å². The molecule has 4 aromatic heterocycles. The summed E-state index contributed by atoms with van der Waals surface area (Å²) in [6.07, 6.45) is 3.06. The van der Waals surface area contributed by atoms with Crippen LogP contribution in [-0.2, 0) is 32.7 Å². The second-order valence-corrected chi connectivity index (χ2v) is 8.16. The number of nitrogens with zero attached hydrogens (tertiary/aromatic N) is 10. The van der Waals surface area contributed by atoms with Crippen molar-refractivity contribution in [1.29, 1.82) is 15.8 Å². The first kappa shape index (κ1) is 28.4. The first-order valence-corrected chi connectivity index (χ1v) is 11.5. The number of imidazole rings is 2. The first-order chi connectivity index (χ1) is 18.7. The molecule has 0 bridgehead atoms. The molecule has 0 fully saturated rings. The Balaban J connectivity index is 0.000000218. The van der Waals surface area contributed by atoms with Gasteiger partial charge in [0.15, 0.2) is 22.3 Å². The van der Waals surface area contributed by atoms with Gasteiger partial charge in [0.05, 0.1) is 18.2 Å². The molecule has 4 aromatic rings. The average molecular weight is 570 g/mol. The lowest BCUT2D eigenvalue weighted by molar-refractivity contribution is 0.649. The molecule has 0 amide bonds. The largest absolute Gasteiger partial charge is 0.334 e. The maximum atomic E-state index is 12.4. The fourth-order valence-corrected chi connectivity index (χ4v) is 4.11. The van der Waals surface area contributed by atoms with Crippen LogP contribution in [0.15, 0.2) is 44.5 Å². The van der Waals surface area contributed by atoms with Crippen LogP contribution < -0.4 is 22.5 Å². The van der Waals surface area contributed by atoms with Crippen molar-refractivity contribution in [2.45, 2.75) is 32.7 Å². The highest BCUT2D eigenvalue weighted by atomic mass is 35.5. The summed E-state index contributed by atoms with van der Waals surface area (Å²) in [5.74, 6) is 0. The Morgan fingerprint density at radius 3 is 1.72 bits per heavy atom. The molecule has 0 saturated heterocycles. The third kappa shape index (κ3) is 5.15. The summed E-state index contributed by atoms with van der Waals surface area (Å²) in [7, 11) is 0. The lowest BCUT2D eigenvalue weighted by Crippen LogP contribution is -2.40. The number of halogens is 2. The molecule has 198 valence electrons. The van der Waals surface area contributed by atoms with Crippen LogP contribution >= 0.6 is 23.2 Å². The average Bonchev–Trinajstić information content (AvgIpc) is 3.40. The fourth-order valence-electron chi connectivity index (χ4n) is 3.64. The summed E-state index contributed by atoms with van der Waals surface area (Å²) in [5.41, 5.74) is -2.40. The quantitative estimate of drug-likeness (QED) is 0.242. The molecule has 0 aliphatic carbocycles. The van der Waals surface area contributed by atoms with Crippen LogP contribution in [0.25, 0.3) is 22.3 Å². The monoisotopic (exact) mass is 569 g/mol. The summed E-state index contributed by atoms with van der Waals surface area (Å²) in [6, 6.07) is 5.39. The molecule has 0 unspecified atom stereocenters. The van der Waals surface area contributed by atoms with Gasteiger partial charge in [-0.1, -0.05) is 12.2 Å². The number of allylic oxidation sites excluding steroid dienone is 2. The molecule has 4 rings (SSSR count). The zero-order chi connectivity index (χ0) is 28.9. The van der Waals surface area contributed by atoms with E-state index in [0.29, 0.717) is 0 Å². The summed E-state index contributed by atoms with van der Waals surface area (Å²) in [6.45, 7) is 6.66. The molecule has 39 heavy (non-hydrogen) atoms. The van der Waals surface area contributed by atoms with Gasteiger partial charge in [0.25, 0.3) is 11.1 Å². The Labute approximate surface area is 227 Å². The number of nitrogens with one attached hydrogen (secondary N) is 1. The zero-order valence-electron chi connectivity index (χ0n) is 20.0. The maximum absolute atomic E-state index is 12.4. The molecule has 0 saturated carbocycles. The summed E-state index contributed by atoms with van der Waals surface area (Å²) in [4.78, 5) is 57.9. The number of nitriles is 3. The number of H-pyrrole nitrogens is 1. The van der Waals surface area contributed by atoms with Crippen LogP contribution in [0.3, 0.4) is 0 Å². The lowest BCUT2D eigenvalue weighted by atomic mass is 10.4. The predicted octanol–water partition coefficient (Wildman–Crippen LogP) is 0.496. The normalized spacial score (nSPS) is 10.3. The summed E-state index contributed by atoms with van der Waals surface area (Å²) in [5, 5.41) is 26.3. The minimum atomic E-state index is -0.768. The van der Waals surface area contributed by atoms with Gasteiger partial charge in [0.1, 0.15) is 19.6 Å². The number of aromatic nitrogens is 8. The second kappa shape index (κ2) is 11.9. The third-order valence-electron chi connectivity index (χ3n) is 5.22. The highest BCUT2D eigenvalue weighted by Gasteiger charge is 2.20. The Morgan fingerprint density at radius 2 is 1.21 bits per heavy atom. The van der Waals surface area contributed by atoms with Gasteiger partial charge in [-0.25, -0.2) is 14.2 Å². The Morgan fingerprint density at radius 1 is 0.744 bits per heavy atom. The zero-order valence-corrected chi connectivity index (χ0v) is 21.5. The molecule has 0 atom stereocenters. The SMILES string of the molecule is C=CCn1c(Cl)nc2c1c(=O)[nH]c(=O)n2CC#N.C=CCn1c(Cl)nc2c1c(=O)n(CC#N)c(=O)n2CC#N. The van der Waals surface area contributed by atoms with Gasteiger partial charge in [-0.2, -0.15) is 25.8 Å². The number of aromatic amines is 1. The first-order valence-electron chi connectivity index (χ1n) is 10.8. The van der Waals surface area contributed by atoms with E-state index in [9.17, 15) is 19.2 Å². The van der Waals surface area contributed by atoms with Crippen molar-refractivity contribution in [2.75, 3.05) is 0 Å². The van der Waals surface area contributed by atoms with Gasteiger partial charge in [-0.3, -0.25) is 23.7 Å². The van der Waals surface area contributed by atoms with Gasteiger partial charge in [-0.15, -0.1) is 13.2 Å². The molecule has 0 aliphatic rings. The number of fused-ring (bicyclic) bond motifs is 2. The Kier molecular flexibility index (Phi) is 8.68. The van der Waals surface area contributed by atoms with E-state index in [0.717, 1.165) is 13.7 Å². The van der Waals surface area contributed by atoms with E-state index in [2.05, 4.69) is 28.1 Å². The molecule has 4 heterocycles. The highest BCUT2D eigenvalue weighted by molar-refractivity contribution is 6.29. The standard InChI is InChI=1S/C12H9ClN6O2.C10H8ClN5O2/c1-2-5-17-8-9(16-11(17)13)18(6-3-14)12(21)19(7-4-15)10(8)20;1-2-4-15-6-7(13-9(15)11)16(5-3-12)10(18)14-8(6)17/h2H,1,5-7H2;2H,1,4-5H2,(H,14,17,18). The minimum absolute atomic E-state index is 0.00259. The van der Waals surface area contributed by atoms with Gasteiger partial charge in [0.2, 0.25) is 10.6 Å². The van der Waals surface area contributed by atoms with Crippen molar-refractivity contribution in [3.8, 4) is 18.2 Å². The molecular formula is C22H17Cl2N11O4. The van der Waals surface area contributed by atoms with E-state index < -0.39 is 29.0 Å². The van der Waals surface area contributed by atoms with Crippen molar-refractivity contribution in [2.24, 2.45) is 0 Å². The van der Waals surface area contributed by atoms with E-state index in [-0.39, 0.29) is 59.1 Å². The van der Waals surface area contributed by atoms with Gasteiger partial charge in [-0.05, 0) is 23.2 Å². The lowest BCUT2D eigenvalue weighted by Gasteiger charge is -2.07. The number of hydrogen-bond acceptors (Lipinski definition) is 9. The highest BCUT2D eigenvalue weighted by Crippen LogP contribution is 2.16. The molecule has 15 nitrogen and oxygen atoms in total. The molecular weight excluding hydrogens is 553 g/mol. The van der Waals surface area contributed by atoms with E-state index >= 15 is 0 Å². The van der Waals surface area contributed by atoms with Crippen LogP contribution in [0.4, 0.5) is 0 Å². The van der Waals surface area contributed by atoms with E-state index in [1.54, 1.807) is 12.1 Å². The summed E-state index contributed by atoms with van der Waals surface area (Å²) >= 11 is 11.9. The third-order valence-corrected chi connectivity index (χ3v) is 5.79. The minimum Gasteiger partial charge on any atom is -0.305 e. The molecule has 0 aliphatic heterocycles. The van der Waals surface area contributed by atoms with Gasteiger partial charge in [0, 0.05) is 13.1 Å². The van der Waals surface area contributed by atoms with E-state index in [4.69, 9.17) is 39.0 Å². The van der Waals surface area contributed by atoms with Crippen molar-refractivity contribution in [3.63, 3.8) is 0 Å². The van der Waals surface area contributed by atoms with Gasteiger partial charge < -0.3 is 9.13 Å². The Hall–Kier alpha value is -5.17. The van der Waals surface area contributed by atoms with Crippen LogP contribution in [0.5, 0.6) is 0 Å². The topological polar surface area (TPSA) is 206 Å². The van der Waals surface area contributed by atoms with Crippen LogP contribution in [-0.4, -0.2) is 37.8 Å². The predicted molar refractivity (Wildman–Crippen MR) is 140 cm³/mol. The summed E-state index contributed by atoms with van der Waals surface area (Å²) < 4.78 is 5.60. The smallest absolute Gasteiger partial charge is 0.305 e. The van der Waals surface area contributed by atoms with Gasteiger partial charge >= 0.3 is 11.4 Å². The molecule has 17 heteroatoms. The Bertz CT molecular complexity index is 1980.